The van der Waals surface area contributed by atoms with E-state index in [0.717, 1.165) is 0 Å². The number of nitrogens with zero attached hydrogens (tertiary/aromatic N) is 1. The molecule has 0 aromatic heterocycles. The van der Waals surface area contributed by atoms with Crippen molar-refractivity contribution in [3.05, 3.63) is 28.8 Å². The zero-order chi connectivity index (χ0) is 29.9. The molecule has 1 aromatic carbocycles. The van der Waals surface area contributed by atoms with E-state index in [9.17, 15) is 28.8 Å². The van der Waals surface area contributed by atoms with Crippen molar-refractivity contribution in [3.8, 4) is 0 Å². The number of piperidine rings is 1. The fourth-order valence-corrected chi connectivity index (χ4v) is 5.58. The van der Waals surface area contributed by atoms with Crippen molar-refractivity contribution in [2.75, 3.05) is 5.32 Å². The summed E-state index contributed by atoms with van der Waals surface area (Å²) in [4.78, 5) is 76.8. The second-order valence-corrected chi connectivity index (χ2v) is 12.2. The molecule has 2 bridgehead atoms. The van der Waals surface area contributed by atoms with Crippen molar-refractivity contribution >= 4 is 53.2 Å². The highest BCUT2D eigenvalue weighted by Crippen LogP contribution is 2.43. The summed E-state index contributed by atoms with van der Waals surface area (Å²) in [5, 5.41) is 17.0. The minimum Gasteiger partial charge on any atom is -0.481 e. The van der Waals surface area contributed by atoms with Gasteiger partial charge in [0.05, 0.1) is 28.7 Å². The van der Waals surface area contributed by atoms with Crippen molar-refractivity contribution in [1.29, 1.82) is 0 Å². The highest BCUT2D eigenvalue weighted by molar-refractivity contribution is 6.37. The van der Waals surface area contributed by atoms with Crippen LogP contribution in [0.2, 0.25) is 5.02 Å². The normalized spacial score (nSPS) is 21.5. The molecule has 0 radical (unpaired) electrons. The molecule has 12 heteroatoms. The summed E-state index contributed by atoms with van der Waals surface area (Å²) in [6, 6.07) is 1.27. The Morgan fingerprint density at radius 1 is 1.12 bits per heavy atom. The molecule has 1 aliphatic heterocycles. The van der Waals surface area contributed by atoms with Crippen LogP contribution in [0.5, 0.6) is 0 Å². The highest BCUT2D eigenvalue weighted by atomic mass is 35.5. The van der Waals surface area contributed by atoms with Gasteiger partial charge < -0.3 is 30.8 Å². The van der Waals surface area contributed by atoms with Crippen LogP contribution in [-0.4, -0.2) is 70.1 Å². The lowest BCUT2D eigenvalue weighted by Gasteiger charge is -2.40. The molecule has 1 saturated carbocycles. The van der Waals surface area contributed by atoms with Crippen LogP contribution in [0.4, 0.5) is 5.69 Å². The number of aliphatic carboxylic acids is 1. The van der Waals surface area contributed by atoms with E-state index < -0.39 is 53.7 Å². The van der Waals surface area contributed by atoms with Gasteiger partial charge in [-0.1, -0.05) is 52.3 Å². The second-order valence-electron chi connectivity index (χ2n) is 11.8. The average molecular weight is 577 g/mol. The monoisotopic (exact) mass is 576 g/mol. The second kappa shape index (κ2) is 12.4. The molecule has 218 valence electrons. The lowest BCUT2D eigenvalue weighted by molar-refractivity contribution is -0.147. The standard InChI is InChI=1S/C28H37ClN4O7/c1-14(2)24(37)31-19-8-6-7-18(21(19)29)25(38)32-23(28(3,4)5)27(40)33-17-10-9-15(11-17)22(33)26(39)30-16(13-34)12-20(35)36/h6-8,13-17,22-23H,9-12H2,1-5H3,(H,30,39)(H,31,37)(H,32,38)(H,35,36)/t15-,16?,17-,22-,23+/m0/s1. The van der Waals surface area contributed by atoms with E-state index in [0.29, 0.717) is 25.5 Å². The van der Waals surface area contributed by atoms with Crippen molar-refractivity contribution in [2.24, 2.45) is 17.3 Å². The van der Waals surface area contributed by atoms with E-state index >= 15 is 0 Å². The molecule has 2 fully saturated rings. The van der Waals surface area contributed by atoms with E-state index in [1.165, 1.54) is 11.0 Å². The zero-order valence-corrected chi connectivity index (χ0v) is 24.1. The number of aldehydes is 1. The maximum Gasteiger partial charge on any atom is 0.305 e. The number of rotatable bonds is 10. The lowest BCUT2D eigenvalue weighted by atomic mass is 9.84. The average Bonchev–Trinajstić information content (AvgIpc) is 3.48. The molecular formula is C28H37ClN4O7. The third kappa shape index (κ3) is 6.80. The van der Waals surface area contributed by atoms with Crippen molar-refractivity contribution in [2.45, 2.75) is 84.5 Å². The summed E-state index contributed by atoms with van der Waals surface area (Å²) in [5.74, 6) is -3.60. The maximum absolute atomic E-state index is 14.0. The Hall–Kier alpha value is -3.47. The number of carbonyl (C=O) groups is 6. The van der Waals surface area contributed by atoms with Gasteiger partial charge >= 0.3 is 5.97 Å². The summed E-state index contributed by atoms with van der Waals surface area (Å²) < 4.78 is 0. The first-order valence-electron chi connectivity index (χ1n) is 13.4. The Morgan fingerprint density at radius 3 is 2.38 bits per heavy atom. The van der Waals surface area contributed by atoms with Gasteiger partial charge in [-0.15, -0.1) is 0 Å². The number of anilines is 1. The Morgan fingerprint density at radius 2 is 1.80 bits per heavy atom. The van der Waals surface area contributed by atoms with Crippen LogP contribution in [0.1, 0.15) is 70.7 Å². The molecule has 1 heterocycles. The van der Waals surface area contributed by atoms with Crippen molar-refractivity contribution < 1.29 is 33.9 Å². The molecule has 40 heavy (non-hydrogen) atoms. The number of fused-ring (bicyclic) bond motifs is 2. The Kier molecular flexibility index (Phi) is 9.60. The third-order valence-electron chi connectivity index (χ3n) is 7.41. The number of halogens is 1. The molecule has 1 unspecified atom stereocenters. The van der Waals surface area contributed by atoms with Crippen LogP contribution in [0.15, 0.2) is 18.2 Å². The van der Waals surface area contributed by atoms with Crippen LogP contribution >= 0.6 is 11.6 Å². The summed E-state index contributed by atoms with van der Waals surface area (Å²) in [5.41, 5.74) is -0.420. The number of likely N-dealkylation sites (tertiary alicyclic amines) is 1. The number of benzene rings is 1. The zero-order valence-electron chi connectivity index (χ0n) is 23.3. The fourth-order valence-electron chi connectivity index (χ4n) is 5.32. The van der Waals surface area contributed by atoms with Crippen molar-refractivity contribution in [3.63, 3.8) is 0 Å². The number of amides is 4. The summed E-state index contributed by atoms with van der Waals surface area (Å²) in [6.45, 7) is 8.81. The van der Waals surface area contributed by atoms with Gasteiger partial charge in [-0.05, 0) is 42.7 Å². The van der Waals surface area contributed by atoms with E-state index in [2.05, 4.69) is 16.0 Å². The van der Waals surface area contributed by atoms with Gasteiger partial charge in [-0.25, -0.2) is 0 Å². The maximum atomic E-state index is 14.0. The van der Waals surface area contributed by atoms with Crippen LogP contribution in [0.25, 0.3) is 0 Å². The topological polar surface area (TPSA) is 162 Å². The van der Waals surface area contributed by atoms with E-state index in [1.807, 2.05) is 0 Å². The van der Waals surface area contributed by atoms with Gasteiger partial charge in [0, 0.05) is 12.0 Å². The molecule has 0 spiro atoms. The van der Waals surface area contributed by atoms with Crippen LogP contribution in [-0.2, 0) is 24.0 Å². The Labute approximate surface area is 238 Å². The largest absolute Gasteiger partial charge is 0.481 e. The molecule has 4 N–H and O–H groups in total. The fraction of sp³-hybridized carbons (Fsp3) is 0.571. The van der Waals surface area contributed by atoms with E-state index in [4.69, 9.17) is 16.7 Å². The highest BCUT2D eigenvalue weighted by Gasteiger charge is 2.53. The molecular weight excluding hydrogens is 540 g/mol. The van der Waals surface area contributed by atoms with Gasteiger partial charge in [0.2, 0.25) is 17.7 Å². The molecule has 11 nitrogen and oxygen atoms in total. The SMILES string of the molecule is CC(C)C(=O)Nc1cccc(C(=O)N[C@H](C(=O)N2[C@H]3CC[C@@H](C3)[C@H]2C(=O)NC(C=O)CC(=O)O)C(C)(C)C)c1Cl. The van der Waals surface area contributed by atoms with E-state index in [-0.39, 0.29) is 40.1 Å². The molecule has 1 aromatic rings. The lowest BCUT2D eigenvalue weighted by Crippen LogP contribution is -2.61. The predicted molar refractivity (Wildman–Crippen MR) is 148 cm³/mol. The first kappa shape index (κ1) is 31.1. The predicted octanol–water partition coefficient (Wildman–Crippen LogP) is 2.62. The summed E-state index contributed by atoms with van der Waals surface area (Å²) in [7, 11) is 0. The van der Waals surface area contributed by atoms with Crippen molar-refractivity contribution in [1.82, 2.24) is 15.5 Å². The number of hydrogen-bond acceptors (Lipinski definition) is 6. The van der Waals surface area contributed by atoms with Gasteiger partial charge in [0.25, 0.3) is 5.91 Å². The molecule has 1 saturated heterocycles. The number of hydrogen-bond donors (Lipinski definition) is 4. The Balaban J connectivity index is 1.86. The molecule has 3 rings (SSSR count). The number of carboxylic acids is 1. The van der Waals surface area contributed by atoms with Gasteiger partial charge in [0.1, 0.15) is 18.4 Å². The first-order chi connectivity index (χ1) is 18.6. The molecule has 5 atom stereocenters. The Bertz CT molecular complexity index is 1200. The molecule has 1 aliphatic carbocycles. The third-order valence-corrected chi connectivity index (χ3v) is 7.82. The number of carboxylic acid groups (broad SMARTS) is 1. The van der Waals surface area contributed by atoms with Crippen LogP contribution in [0.3, 0.4) is 0 Å². The quantitative estimate of drug-likeness (QED) is 0.311. The van der Waals surface area contributed by atoms with Crippen LogP contribution < -0.4 is 16.0 Å². The summed E-state index contributed by atoms with van der Waals surface area (Å²) >= 11 is 6.48. The minimum absolute atomic E-state index is 0.0323. The first-order valence-corrected chi connectivity index (χ1v) is 13.7. The smallest absolute Gasteiger partial charge is 0.305 e. The molecule has 4 amide bonds. The van der Waals surface area contributed by atoms with Gasteiger partial charge in [0.15, 0.2) is 0 Å². The van der Waals surface area contributed by atoms with Crippen LogP contribution in [0, 0.1) is 17.3 Å². The molecule has 2 aliphatic rings. The van der Waals surface area contributed by atoms with E-state index in [1.54, 1.807) is 46.8 Å². The number of nitrogens with one attached hydrogen (secondary N) is 3. The van der Waals surface area contributed by atoms with Gasteiger partial charge in [-0.3, -0.25) is 24.0 Å². The minimum atomic E-state index is -1.24. The number of carbonyl (C=O) groups excluding carboxylic acids is 5. The van der Waals surface area contributed by atoms with Gasteiger partial charge in [-0.2, -0.15) is 0 Å². The summed E-state index contributed by atoms with van der Waals surface area (Å²) in [6.07, 6.45) is 1.81.